The Bertz CT molecular complexity index is 1180. The summed E-state index contributed by atoms with van der Waals surface area (Å²) in [6.07, 6.45) is 5.79. The second-order valence-electron chi connectivity index (χ2n) is 8.28. The Morgan fingerprint density at radius 3 is 2.49 bits per heavy atom. The van der Waals surface area contributed by atoms with Crippen molar-refractivity contribution in [3.8, 4) is 5.75 Å². The third-order valence-corrected chi connectivity index (χ3v) is 8.12. The summed E-state index contributed by atoms with van der Waals surface area (Å²) in [5, 5.41) is 0.682. The SMILES string of the molecule is O=C(CN1C(=O)SC(=Cc2ccc(OCc3ccc(Cl)cc3Cl)c(I)c2)C1=O)N1CCCCCC1. The van der Waals surface area contributed by atoms with Crippen LogP contribution in [0.1, 0.15) is 36.8 Å². The van der Waals surface area contributed by atoms with Crippen molar-refractivity contribution in [2.45, 2.75) is 32.3 Å². The average Bonchev–Trinajstić information content (AvgIpc) is 3.01. The van der Waals surface area contributed by atoms with Gasteiger partial charge in [-0.1, -0.05) is 48.2 Å². The average molecular weight is 645 g/mol. The van der Waals surface area contributed by atoms with E-state index in [1.807, 2.05) is 24.3 Å². The van der Waals surface area contributed by atoms with E-state index in [0.29, 0.717) is 33.8 Å². The van der Waals surface area contributed by atoms with Crippen molar-refractivity contribution in [2.75, 3.05) is 19.6 Å². The van der Waals surface area contributed by atoms with Crippen molar-refractivity contribution >= 4 is 80.7 Å². The maximum Gasteiger partial charge on any atom is 0.294 e. The lowest BCUT2D eigenvalue weighted by Crippen LogP contribution is -2.42. The zero-order chi connectivity index (χ0) is 24.9. The maximum atomic E-state index is 12.9. The zero-order valence-corrected chi connectivity index (χ0v) is 23.3. The van der Waals surface area contributed by atoms with Gasteiger partial charge in [0.1, 0.15) is 18.9 Å². The van der Waals surface area contributed by atoms with Gasteiger partial charge < -0.3 is 9.64 Å². The van der Waals surface area contributed by atoms with E-state index in [2.05, 4.69) is 22.6 Å². The van der Waals surface area contributed by atoms with E-state index in [4.69, 9.17) is 27.9 Å². The first kappa shape index (κ1) is 26.3. The first-order valence-corrected chi connectivity index (χ1v) is 13.9. The van der Waals surface area contributed by atoms with Crippen molar-refractivity contribution in [3.63, 3.8) is 0 Å². The monoisotopic (exact) mass is 644 g/mol. The van der Waals surface area contributed by atoms with Crippen molar-refractivity contribution in [1.82, 2.24) is 9.80 Å². The van der Waals surface area contributed by atoms with Crippen LogP contribution in [0.25, 0.3) is 6.08 Å². The first-order chi connectivity index (χ1) is 16.8. The molecule has 3 amide bonds. The normalized spacial score (nSPS) is 17.7. The number of hydrogen-bond acceptors (Lipinski definition) is 5. The smallest absolute Gasteiger partial charge is 0.294 e. The number of rotatable bonds is 6. The van der Waals surface area contributed by atoms with Crippen LogP contribution in [-0.4, -0.2) is 46.5 Å². The fourth-order valence-corrected chi connectivity index (χ4v) is 5.86. The van der Waals surface area contributed by atoms with Gasteiger partial charge in [0, 0.05) is 28.7 Å². The minimum absolute atomic E-state index is 0.174. The first-order valence-electron chi connectivity index (χ1n) is 11.2. The minimum atomic E-state index is -0.434. The Hall–Kier alpha value is -1.75. The van der Waals surface area contributed by atoms with Gasteiger partial charge in [-0.3, -0.25) is 19.3 Å². The molecule has 0 spiro atoms. The largest absolute Gasteiger partial charge is 0.488 e. The van der Waals surface area contributed by atoms with Gasteiger partial charge in [-0.2, -0.15) is 0 Å². The molecule has 0 unspecified atom stereocenters. The zero-order valence-electron chi connectivity index (χ0n) is 18.8. The van der Waals surface area contributed by atoms with Crippen molar-refractivity contribution in [3.05, 3.63) is 66.0 Å². The van der Waals surface area contributed by atoms with Crippen LogP contribution in [0, 0.1) is 3.57 Å². The number of amides is 3. The van der Waals surface area contributed by atoms with Crippen molar-refractivity contribution in [1.29, 1.82) is 0 Å². The molecule has 2 aliphatic heterocycles. The van der Waals surface area contributed by atoms with Crippen molar-refractivity contribution in [2.24, 2.45) is 0 Å². The summed E-state index contributed by atoms with van der Waals surface area (Å²) in [5.41, 5.74) is 1.58. The topological polar surface area (TPSA) is 66.9 Å². The van der Waals surface area contributed by atoms with E-state index < -0.39 is 11.1 Å². The number of ether oxygens (including phenoxy) is 1. The predicted octanol–water partition coefficient (Wildman–Crippen LogP) is 6.62. The van der Waals surface area contributed by atoms with Crippen molar-refractivity contribution < 1.29 is 19.1 Å². The Labute approximate surface area is 232 Å². The van der Waals surface area contributed by atoms with Gasteiger partial charge in [0.05, 0.1) is 8.48 Å². The van der Waals surface area contributed by atoms with Gasteiger partial charge in [0.25, 0.3) is 11.1 Å². The van der Waals surface area contributed by atoms with Crippen LogP contribution in [0.15, 0.2) is 41.3 Å². The second-order valence-corrected chi connectivity index (χ2v) is 11.3. The highest BCUT2D eigenvalue weighted by molar-refractivity contribution is 14.1. The number of likely N-dealkylation sites (tertiary alicyclic amines) is 1. The van der Waals surface area contributed by atoms with Crippen LogP contribution in [0.2, 0.25) is 10.0 Å². The van der Waals surface area contributed by atoms with E-state index >= 15 is 0 Å². The number of nitrogens with zero attached hydrogens (tertiary/aromatic N) is 2. The number of halogens is 3. The molecule has 0 atom stereocenters. The molecule has 4 rings (SSSR count). The van der Waals surface area contributed by atoms with Crippen LogP contribution < -0.4 is 4.74 Å². The lowest BCUT2D eigenvalue weighted by molar-refractivity contribution is -0.135. The summed E-state index contributed by atoms with van der Waals surface area (Å²) in [4.78, 5) is 41.1. The number of thioether (sulfide) groups is 1. The third-order valence-electron chi connectivity index (χ3n) is 5.78. The van der Waals surface area contributed by atoms with Crippen LogP contribution in [0.5, 0.6) is 5.75 Å². The lowest BCUT2D eigenvalue weighted by Gasteiger charge is -2.22. The van der Waals surface area contributed by atoms with Crippen LogP contribution in [-0.2, 0) is 16.2 Å². The molecular formula is C25H23Cl2IN2O4S. The highest BCUT2D eigenvalue weighted by Gasteiger charge is 2.37. The van der Waals surface area contributed by atoms with Gasteiger partial charge in [-0.15, -0.1) is 0 Å². The van der Waals surface area contributed by atoms with E-state index in [0.717, 1.165) is 57.0 Å². The molecule has 0 radical (unpaired) electrons. The van der Waals surface area contributed by atoms with Crippen LogP contribution >= 0.6 is 57.6 Å². The molecule has 2 aliphatic rings. The Balaban J connectivity index is 1.40. The van der Waals surface area contributed by atoms with Gasteiger partial charge in [-0.25, -0.2) is 0 Å². The number of imide groups is 1. The summed E-state index contributed by atoms with van der Waals surface area (Å²) in [6.45, 7) is 1.44. The minimum Gasteiger partial charge on any atom is -0.488 e. The lowest BCUT2D eigenvalue weighted by atomic mass is 10.2. The molecule has 2 fully saturated rings. The molecule has 10 heteroatoms. The van der Waals surface area contributed by atoms with Gasteiger partial charge in [-0.05, 0) is 83.1 Å². The summed E-state index contributed by atoms with van der Waals surface area (Å²) >= 11 is 15.2. The molecule has 2 aromatic carbocycles. The van der Waals surface area contributed by atoms with E-state index in [1.54, 1.807) is 23.1 Å². The quantitative estimate of drug-likeness (QED) is 0.261. The van der Waals surface area contributed by atoms with Gasteiger partial charge >= 0.3 is 0 Å². The molecule has 0 saturated carbocycles. The van der Waals surface area contributed by atoms with Crippen LogP contribution in [0.3, 0.4) is 0 Å². The molecule has 0 aromatic heterocycles. The van der Waals surface area contributed by atoms with E-state index in [9.17, 15) is 14.4 Å². The Kier molecular flexibility index (Phi) is 9.02. The second kappa shape index (κ2) is 12.0. The number of carbonyl (C=O) groups is 3. The maximum absolute atomic E-state index is 12.9. The standard InChI is InChI=1S/C25H23Cl2IN2O4S/c26-18-7-6-17(19(27)13-18)15-34-21-8-5-16(11-20(21)28)12-22-24(32)30(25(33)35-22)14-23(31)29-9-3-1-2-4-10-29/h5-8,11-13H,1-4,9-10,14-15H2. The number of benzene rings is 2. The fraction of sp³-hybridized carbons (Fsp3) is 0.320. The molecule has 2 heterocycles. The van der Waals surface area contributed by atoms with E-state index in [-0.39, 0.29) is 19.1 Å². The van der Waals surface area contributed by atoms with Crippen LogP contribution in [0.4, 0.5) is 4.79 Å². The third kappa shape index (κ3) is 6.72. The number of hydrogen-bond donors (Lipinski definition) is 0. The fourth-order valence-electron chi connectivity index (χ4n) is 3.86. The van der Waals surface area contributed by atoms with Gasteiger partial charge in [0.2, 0.25) is 5.91 Å². The predicted molar refractivity (Wildman–Crippen MR) is 148 cm³/mol. The molecule has 2 saturated heterocycles. The Morgan fingerprint density at radius 2 is 1.80 bits per heavy atom. The number of carbonyl (C=O) groups excluding carboxylic acids is 3. The molecule has 0 aliphatic carbocycles. The highest BCUT2D eigenvalue weighted by atomic mass is 127. The Morgan fingerprint density at radius 1 is 1.06 bits per heavy atom. The summed E-state index contributed by atoms with van der Waals surface area (Å²) in [6, 6.07) is 10.7. The summed E-state index contributed by atoms with van der Waals surface area (Å²) in [5.74, 6) is 0.0631. The molecule has 184 valence electrons. The molecule has 0 bridgehead atoms. The molecule has 35 heavy (non-hydrogen) atoms. The van der Waals surface area contributed by atoms with E-state index in [1.165, 1.54) is 0 Å². The van der Waals surface area contributed by atoms with Gasteiger partial charge in [0.15, 0.2) is 0 Å². The molecule has 0 N–H and O–H groups in total. The highest BCUT2D eigenvalue weighted by Crippen LogP contribution is 2.33. The molecule has 2 aromatic rings. The summed E-state index contributed by atoms with van der Waals surface area (Å²) in [7, 11) is 0. The molecular weight excluding hydrogens is 622 g/mol. The molecule has 6 nitrogen and oxygen atoms in total. The summed E-state index contributed by atoms with van der Waals surface area (Å²) < 4.78 is 6.75.